The maximum absolute atomic E-state index is 11.2. The van der Waals surface area contributed by atoms with Crippen LogP contribution in [0.15, 0.2) is 36.5 Å². The van der Waals surface area contributed by atoms with Gasteiger partial charge in [0.2, 0.25) is 11.9 Å². The smallest absolute Gasteiger partial charge is 0.225 e. The third-order valence-corrected chi connectivity index (χ3v) is 6.27. The second kappa shape index (κ2) is 7.90. The van der Waals surface area contributed by atoms with Gasteiger partial charge in [-0.3, -0.25) is 4.79 Å². The molecular weight excluding hydrogens is 348 g/mol. The van der Waals surface area contributed by atoms with Gasteiger partial charge < -0.3 is 10.2 Å². The lowest BCUT2D eigenvalue weighted by molar-refractivity contribution is -0.119. The van der Waals surface area contributed by atoms with Gasteiger partial charge in [0, 0.05) is 37.8 Å². The highest BCUT2D eigenvalue weighted by molar-refractivity contribution is 5.73. The van der Waals surface area contributed by atoms with Gasteiger partial charge in [0.05, 0.1) is 5.69 Å². The zero-order chi connectivity index (χ0) is 19.6. The molecule has 0 bridgehead atoms. The zero-order valence-electron chi connectivity index (χ0n) is 16.9. The molecule has 2 heterocycles. The molecule has 1 aliphatic carbocycles. The van der Waals surface area contributed by atoms with Crippen molar-refractivity contribution in [3.8, 4) is 11.3 Å². The maximum atomic E-state index is 11.2. The summed E-state index contributed by atoms with van der Waals surface area (Å²) in [5.41, 5.74) is 3.81. The summed E-state index contributed by atoms with van der Waals surface area (Å²) in [6.07, 6.45) is 9.46. The lowest BCUT2D eigenvalue weighted by Crippen LogP contribution is -2.31. The minimum atomic E-state index is 0.0129. The summed E-state index contributed by atoms with van der Waals surface area (Å²) in [5, 5.41) is 2.93. The number of anilines is 1. The van der Waals surface area contributed by atoms with Crippen LogP contribution in [0.3, 0.4) is 0 Å². The summed E-state index contributed by atoms with van der Waals surface area (Å²) < 4.78 is 0. The first-order valence-corrected chi connectivity index (χ1v) is 10.5. The molecule has 1 unspecified atom stereocenters. The number of nitrogens with zero attached hydrogens (tertiary/aromatic N) is 3. The zero-order valence-corrected chi connectivity index (χ0v) is 16.9. The number of amides is 1. The molecule has 5 heteroatoms. The molecule has 1 aliphatic heterocycles. The predicted octanol–water partition coefficient (Wildman–Crippen LogP) is 3.98. The highest BCUT2D eigenvalue weighted by Crippen LogP contribution is 2.45. The van der Waals surface area contributed by atoms with E-state index in [9.17, 15) is 4.79 Å². The van der Waals surface area contributed by atoms with E-state index >= 15 is 0 Å². The van der Waals surface area contributed by atoms with Gasteiger partial charge in [-0.2, -0.15) is 0 Å². The average Bonchev–Trinajstić information content (AvgIpc) is 3.32. The third-order valence-electron chi connectivity index (χ3n) is 6.27. The Morgan fingerprint density at radius 3 is 2.64 bits per heavy atom. The Morgan fingerprint density at radius 1 is 1.18 bits per heavy atom. The van der Waals surface area contributed by atoms with Gasteiger partial charge in [0.25, 0.3) is 0 Å². The molecule has 1 N–H and O–H groups in total. The Hall–Kier alpha value is -2.43. The van der Waals surface area contributed by atoms with E-state index in [1.165, 1.54) is 37.7 Å². The van der Waals surface area contributed by atoms with Crippen molar-refractivity contribution in [1.82, 2.24) is 15.3 Å². The monoisotopic (exact) mass is 378 g/mol. The Bertz CT molecular complexity index is 827. The van der Waals surface area contributed by atoms with E-state index in [1.54, 1.807) is 6.92 Å². The van der Waals surface area contributed by atoms with Crippen LogP contribution in [0, 0.1) is 5.41 Å². The SMILES string of the molecule is CC(=O)NC(C)Cc1ccc(-c2ccnc(N3CCC4(CCCC4)C3)n2)cc1. The first-order valence-electron chi connectivity index (χ1n) is 10.5. The summed E-state index contributed by atoms with van der Waals surface area (Å²) in [6.45, 7) is 5.76. The number of hydrogen-bond acceptors (Lipinski definition) is 4. The topological polar surface area (TPSA) is 58.1 Å². The normalized spacial score (nSPS) is 19.1. The van der Waals surface area contributed by atoms with Crippen LogP contribution in [-0.2, 0) is 11.2 Å². The number of carbonyl (C=O) groups is 1. The number of benzene rings is 1. The van der Waals surface area contributed by atoms with Gasteiger partial charge in [-0.05, 0) is 49.7 Å². The van der Waals surface area contributed by atoms with Crippen molar-refractivity contribution < 1.29 is 4.79 Å². The van der Waals surface area contributed by atoms with Crippen molar-refractivity contribution in [3.63, 3.8) is 0 Å². The molecule has 1 atom stereocenters. The van der Waals surface area contributed by atoms with Gasteiger partial charge in [0.15, 0.2) is 0 Å². The molecule has 1 aromatic carbocycles. The van der Waals surface area contributed by atoms with E-state index < -0.39 is 0 Å². The molecule has 2 aliphatic rings. The molecule has 1 saturated heterocycles. The van der Waals surface area contributed by atoms with Crippen LogP contribution in [0.1, 0.15) is 51.5 Å². The van der Waals surface area contributed by atoms with Crippen LogP contribution >= 0.6 is 0 Å². The van der Waals surface area contributed by atoms with Crippen molar-refractivity contribution in [2.45, 2.75) is 58.4 Å². The number of aromatic nitrogens is 2. The lowest BCUT2D eigenvalue weighted by Gasteiger charge is -2.23. The van der Waals surface area contributed by atoms with Gasteiger partial charge in [-0.1, -0.05) is 37.1 Å². The molecule has 0 radical (unpaired) electrons. The van der Waals surface area contributed by atoms with Crippen molar-refractivity contribution in [2.75, 3.05) is 18.0 Å². The Morgan fingerprint density at radius 2 is 1.93 bits per heavy atom. The minimum absolute atomic E-state index is 0.0129. The summed E-state index contributed by atoms with van der Waals surface area (Å²) >= 11 is 0. The fourth-order valence-corrected chi connectivity index (χ4v) is 4.86. The summed E-state index contributed by atoms with van der Waals surface area (Å²) in [4.78, 5) is 23.0. The maximum Gasteiger partial charge on any atom is 0.225 e. The number of nitrogens with one attached hydrogen (secondary N) is 1. The predicted molar refractivity (Wildman–Crippen MR) is 112 cm³/mol. The molecule has 4 rings (SSSR count). The Balaban J connectivity index is 1.45. The first-order chi connectivity index (χ1) is 13.5. The molecular formula is C23H30N4O. The molecule has 148 valence electrons. The van der Waals surface area contributed by atoms with Crippen LogP contribution < -0.4 is 10.2 Å². The van der Waals surface area contributed by atoms with E-state index in [2.05, 4.69) is 39.5 Å². The number of rotatable bonds is 5. The highest BCUT2D eigenvalue weighted by Gasteiger charge is 2.40. The van der Waals surface area contributed by atoms with Crippen LogP contribution in [0.25, 0.3) is 11.3 Å². The standard InChI is InChI=1S/C23H30N4O/c1-17(25-18(2)28)15-19-5-7-20(8-6-19)21-9-13-24-22(26-21)27-14-12-23(16-27)10-3-4-11-23/h5-9,13,17H,3-4,10-12,14-16H2,1-2H3,(H,25,28). The number of hydrogen-bond donors (Lipinski definition) is 1. The van der Waals surface area contributed by atoms with E-state index in [0.29, 0.717) is 5.41 Å². The molecule has 1 amide bonds. The van der Waals surface area contributed by atoms with E-state index in [0.717, 1.165) is 36.7 Å². The molecule has 1 saturated carbocycles. The molecule has 1 spiro atoms. The quantitative estimate of drug-likeness (QED) is 0.855. The first kappa shape index (κ1) is 18.9. The van der Waals surface area contributed by atoms with E-state index in [4.69, 9.17) is 4.98 Å². The fraction of sp³-hybridized carbons (Fsp3) is 0.522. The van der Waals surface area contributed by atoms with Gasteiger partial charge >= 0.3 is 0 Å². The van der Waals surface area contributed by atoms with Crippen molar-refractivity contribution in [3.05, 3.63) is 42.1 Å². The van der Waals surface area contributed by atoms with Gasteiger partial charge in [0.1, 0.15) is 0 Å². The average molecular weight is 379 g/mol. The van der Waals surface area contributed by atoms with Crippen molar-refractivity contribution >= 4 is 11.9 Å². The summed E-state index contributed by atoms with van der Waals surface area (Å²) in [7, 11) is 0. The molecule has 5 nitrogen and oxygen atoms in total. The van der Waals surface area contributed by atoms with Gasteiger partial charge in [-0.15, -0.1) is 0 Å². The summed E-state index contributed by atoms with van der Waals surface area (Å²) in [5.74, 6) is 0.878. The largest absolute Gasteiger partial charge is 0.354 e. The second-order valence-electron chi connectivity index (χ2n) is 8.62. The highest BCUT2D eigenvalue weighted by atomic mass is 16.1. The molecule has 2 fully saturated rings. The van der Waals surface area contributed by atoms with Crippen LogP contribution in [-0.4, -0.2) is 35.0 Å². The van der Waals surface area contributed by atoms with Crippen molar-refractivity contribution in [1.29, 1.82) is 0 Å². The lowest BCUT2D eigenvalue weighted by atomic mass is 9.86. The molecule has 2 aromatic rings. The Labute approximate surface area is 167 Å². The molecule has 28 heavy (non-hydrogen) atoms. The number of carbonyl (C=O) groups excluding carboxylic acids is 1. The van der Waals surface area contributed by atoms with Crippen LogP contribution in [0.2, 0.25) is 0 Å². The summed E-state index contributed by atoms with van der Waals surface area (Å²) in [6, 6.07) is 10.6. The Kier molecular flexibility index (Phi) is 5.33. The minimum Gasteiger partial charge on any atom is -0.354 e. The van der Waals surface area contributed by atoms with Gasteiger partial charge in [-0.25, -0.2) is 9.97 Å². The van der Waals surface area contributed by atoms with Crippen LogP contribution in [0.5, 0.6) is 0 Å². The third kappa shape index (κ3) is 4.18. The second-order valence-corrected chi connectivity index (χ2v) is 8.62. The van der Waals surface area contributed by atoms with Crippen LogP contribution in [0.4, 0.5) is 5.95 Å². The van der Waals surface area contributed by atoms with E-state index in [-0.39, 0.29) is 11.9 Å². The fourth-order valence-electron chi connectivity index (χ4n) is 4.86. The molecule has 1 aromatic heterocycles. The van der Waals surface area contributed by atoms with Crippen molar-refractivity contribution in [2.24, 2.45) is 5.41 Å². The van der Waals surface area contributed by atoms with E-state index in [1.807, 2.05) is 19.2 Å².